The van der Waals surface area contributed by atoms with Crippen molar-refractivity contribution in [1.82, 2.24) is 0 Å². The van der Waals surface area contributed by atoms with E-state index in [0.29, 0.717) is 0 Å². The zero-order chi connectivity index (χ0) is 9.97. The summed E-state index contributed by atoms with van der Waals surface area (Å²) in [5.41, 5.74) is 0.796. The van der Waals surface area contributed by atoms with Gasteiger partial charge < -0.3 is 0 Å². The minimum atomic E-state index is -0.664. The Bertz CT molecular complexity index is 341. The average molecular weight is 212 g/mol. The van der Waals surface area contributed by atoms with Crippen LogP contribution in [-0.4, -0.2) is 15.7 Å². The van der Waals surface area contributed by atoms with E-state index >= 15 is 0 Å². The summed E-state index contributed by atoms with van der Waals surface area (Å²) in [7, 11) is -0.664. The lowest BCUT2D eigenvalue weighted by Crippen LogP contribution is -2.17. The van der Waals surface area contributed by atoms with Gasteiger partial charge in [0.1, 0.15) is 5.82 Å². The minimum Gasteiger partial charge on any atom is -0.260 e. The smallest absolute Gasteiger partial charge is 0.126 e. The van der Waals surface area contributed by atoms with Crippen LogP contribution < -0.4 is 0 Å². The largest absolute Gasteiger partial charge is 0.260 e. The van der Waals surface area contributed by atoms with E-state index in [1.165, 1.54) is 6.07 Å². The van der Waals surface area contributed by atoms with Crippen molar-refractivity contribution < 1.29 is 8.60 Å². The van der Waals surface area contributed by atoms with Crippen LogP contribution in [0.25, 0.3) is 0 Å². The van der Waals surface area contributed by atoms with Crippen molar-refractivity contribution in [2.75, 3.05) is 11.5 Å². The van der Waals surface area contributed by atoms with Gasteiger partial charge in [0, 0.05) is 22.3 Å². The number of hydrogen-bond donors (Lipinski definition) is 0. The van der Waals surface area contributed by atoms with Crippen LogP contribution in [0.15, 0.2) is 24.3 Å². The third kappa shape index (κ3) is 2.03. The van der Waals surface area contributed by atoms with Crippen LogP contribution in [0.4, 0.5) is 4.39 Å². The van der Waals surface area contributed by atoms with Crippen LogP contribution >= 0.6 is 0 Å². The maximum absolute atomic E-state index is 13.4. The van der Waals surface area contributed by atoms with Gasteiger partial charge in [-0.15, -0.1) is 0 Å². The molecule has 0 bridgehead atoms. The van der Waals surface area contributed by atoms with Gasteiger partial charge in [-0.1, -0.05) is 18.2 Å². The van der Waals surface area contributed by atoms with Crippen LogP contribution in [0.3, 0.4) is 0 Å². The predicted molar refractivity (Wildman–Crippen MR) is 56.3 cm³/mol. The molecular formula is C11H13FOS. The van der Waals surface area contributed by atoms with Crippen molar-refractivity contribution in [3.05, 3.63) is 35.6 Å². The van der Waals surface area contributed by atoms with Gasteiger partial charge >= 0.3 is 0 Å². The molecule has 1 aliphatic rings. The normalized spacial score (nSPS) is 27.5. The SMILES string of the molecule is O=S1CCC(c2ccccc2F)CC1. The van der Waals surface area contributed by atoms with Gasteiger partial charge in [-0.3, -0.25) is 4.21 Å². The third-order valence-corrected chi connectivity index (χ3v) is 4.12. The zero-order valence-corrected chi connectivity index (χ0v) is 8.73. The van der Waals surface area contributed by atoms with E-state index in [1.54, 1.807) is 6.07 Å². The molecule has 0 radical (unpaired) electrons. The first-order chi connectivity index (χ1) is 6.77. The average Bonchev–Trinajstić information content (AvgIpc) is 2.20. The summed E-state index contributed by atoms with van der Waals surface area (Å²) in [5, 5.41) is 0. The Balaban J connectivity index is 2.16. The maximum Gasteiger partial charge on any atom is 0.126 e. The second-order valence-electron chi connectivity index (χ2n) is 3.64. The summed E-state index contributed by atoms with van der Waals surface area (Å²) in [6.07, 6.45) is 1.71. The molecule has 76 valence electrons. The van der Waals surface area contributed by atoms with Gasteiger partial charge in [-0.2, -0.15) is 0 Å². The van der Waals surface area contributed by atoms with Gasteiger partial charge in [0.05, 0.1) is 0 Å². The number of hydrogen-bond acceptors (Lipinski definition) is 1. The summed E-state index contributed by atoms with van der Waals surface area (Å²) >= 11 is 0. The lowest BCUT2D eigenvalue weighted by atomic mass is 9.93. The van der Waals surface area contributed by atoms with Crippen molar-refractivity contribution in [2.24, 2.45) is 0 Å². The van der Waals surface area contributed by atoms with Crippen LogP contribution in [0.2, 0.25) is 0 Å². The number of halogens is 1. The summed E-state index contributed by atoms with van der Waals surface area (Å²) in [5.74, 6) is 1.59. The van der Waals surface area contributed by atoms with E-state index in [9.17, 15) is 8.60 Å². The fourth-order valence-corrected chi connectivity index (χ4v) is 3.21. The molecule has 1 aliphatic heterocycles. The van der Waals surface area contributed by atoms with Gasteiger partial charge in [-0.25, -0.2) is 4.39 Å². The van der Waals surface area contributed by atoms with Crippen LogP contribution in [-0.2, 0) is 10.8 Å². The molecule has 0 aromatic heterocycles. The molecule has 1 nitrogen and oxygen atoms in total. The molecular weight excluding hydrogens is 199 g/mol. The van der Waals surface area contributed by atoms with Gasteiger partial charge in [0.15, 0.2) is 0 Å². The molecule has 0 spiro atoms. The highest BCUT2D eigenvalue weighted by molar-refractivity contribution is 7.85. The van der Waals surface area contributed by atoms with E-state index in [2.05, 4.69) is 0 Å². The van der Waals surface area contributed by atoms with Crippen molar-refractivity contribution in [2.45, 2.75) is 18.8 Å². The highest BCUT2D eigenvalue weighted by Gasteiger charge is 2.21. The molecule has 0 saturated carbocycles. The summed E-state index contributed by atoms with van der Waals surface area (Å²) in [6, 6.07) is 6.92. The molecule has 2 rings (SSSR count). The number of rotatable bonds is 1. The molecule has 0 amide bonds. The van der Waals surface area contributed by atoms with Crippen molar-refractivity contribution in [3.63, 3.8) is 0 Å². The highest BCUT2D eigenvalue weighted by atomic mass is 32.2. The maximum atomic E-state index is 13.4. The molecule has 0 atom stereocenters. The molecule has 0 N–H and O–H groups in total. The standard InChI is InChI=1S/C11H13FOS/c12-11-4-2-1-3-10(11)9-5-7-14(13)8-6-9/h1-4,9H,5-8H2. The number of benzene rings is 1. The topological polar surface area (TPSA) is 17.1 Å². The fraction of sp³-hybridized carbons (Fsp3) is 0.455. The minimum absolute atomic E-state index is 0.120. The second kappa shape index (κ2) is 4.22. The van der Waals surface area contributed by atoms with Crippen molar-refractivity contribution >= 4 is 10.8 Å². The first-order valence-corrected chi connectivity index (χ1v) is 6.35. The van der Waals surface area contributed by atoms with E-state index in [4.69, 9.17) is 0 Å². The molecule has 1 aromatic carbocycles. The Hall–Kier alpha value is -0.700. The van der Waals surface area contributed by atoms with E-state index in [0.717, 1.165) is 29.9 Å². The first-order valence-electron chi connectivity index (χ1n) is 4.87. The molecule has 1 saturated heterocycles. The van der Waals surface area contributed by atoms with Crippen molar-refractivity contribution in [3.8, 4) is 0 Å². The Kier molecular flexibility index (Phi) is 2.96. The molecule has 3 heteroatoms. The Labute approximate surface area is 85.8 Å². The Morgan fingerprint density at radius 2 is 1.86 bits per heavy atom. The summed E-state index contributed by atoms with van der Waals surface area (Å²) in [4.78, 5) is 0. The first kappa shape index (κ1) is 9.84. The van der Waals surface area contributed by atoms with Gasteiger partial charge in [-0.05, 0) is 30.4 Å². The molecule has 1 heterocycles. The second-order valence-corrected chi connectivity index (χ2v) is 5.34. The molecule has 14 heavy (non-hydrogen) atoms. The molecule has 0 unspecified atom stereocenters. The molecule has 0 aliphatic carbocycles. The fourth-order valence-electron chi connectivity index (χ4n) is 1.91. The van der Waals surface area contributed by atoms with E-state index in [-0.39, 0.29) is 11.7 Å². The van der Waals surface area contributed by atoms with Crippen LogP contribution in [0.5, 0.6) is 0 Å². The van der Waals surface area contributed by atoms with Crippen molar-refractivity contribution in [1.29, 1.82) is 0 Å². The third-order valence-electron chi connectivity index (χ3n) is 2.73. The molecule has 1 aromatic rings. The highest BCUT2D eigenvalue weighted by Crippen LogP contribution is 2.29. The summed E-state index contributed by atoms with van der Waals surface area (Å²) in [6.45, 7) is 0. The quantitative estimate of drug-likeness (QED) is 0.699. The Morgan fingerprint density at radius 3 is 2.50 bits per heavy atom. The zero-order valence-electron chi connectivity index (χ0n) is 7.91. The van der Waals surface area contributed by atoms with Gasteiger partial charge in [0.25, 0.3) is 0 Å². The Morgan fingerprint density at radius 1 is 1.21 bits per heavy atom. The monoisotopic (exact) mass is 212 g/mol. The van der Waals surface area contributed by atoms with Gasteiger partial charge in [0.2, 0.25) is 0 Å². The van der Waals surface area contributed by atoms with Crippen LogP contribution in [0.1, 0.15) is 24.3 Å². The van der Waals surface area contributed by atoms with E-state index < -0.39 is 10.8 Å². The van der Waals surface area contributed by atoms with Crippen LogP contribution in [0, 0.1) is 5.82 Å². The van der Waals surface area contributed by atoms with E-state index in [1.807, 2.05) is 12.1 Å². The molecule has 1 fully saturated rings. The summed E-state index contributed by atoms with van der Waals surface area (Å²) < 4.78 is 24.5. The lowest BCUT2D eigenvalue weighted by Gasteiger charge is -2.21. The lowest BCUT2D eigenvalue weighted by molar-refractivity contribution is 0.548. The predicted octanol–water partition coefficient (Wildman–Crippen LogP) is 2.45.